The smallest absolute Gasteiger partial charge is 0.296 e. The van der Waals surface area contributed by atoms with E-state index in [2.05, 4.69) is 20.1 Å². The molecule has 3 fully saturated rings. The number of anilines is 2. The number of para-hydroxylation sites is 2. The van der Waals surface area contributed by atoms with Crippen LogP contribution in [0.25, 0.3) is 16.9 Å². The lowest BCUT2D eigenvalue weighted by Crippen LogP contribution is -2.56. The van der Waals surface area contributed by atoms with Gasteiger partial charge < -0.3 is 19.9 Å². The molecule has 220 valence electrons. The first-order valence-electron chi connectivity index (χ1n) is 14.7. The van der Waals surface area contributed by atoms with Crippen LogP contribution in [-0.4, -0.2) is 107 Å². The molecule has 3 saturated heterocycles. The molecule has 12 heteroatoms. The molecule has 5 heterocycles. The van der Waals surface area contributed by atoms with Crippen LogP contribution in [0.5, 0.6) is 0 Å². The van der Waals surface area contributed by atoms with Gasteiger partial charge in [0.05, 0.1) is 36.8 Å². The molecule has 0 aliphatic carbocycles. The van der Waals surface area contributed by atoms with Crippen LogP contribution in [0.4, 0.5) is 20.5 Å². The number of alkyl halides is 2. The van der Waals surface area contributed by atoms with Gasteiger partial charge in [-0.15, -0.1) is 0 Å². The summed E-state index contributed by atoms with van der Waals surface area (Å²) in [7, 11) is 0. The third-order valence-electron chi connectivity index (χ3n) is 8.09. The van der Waals surface area contributed by atoms with Crippen LogP contribution in [0, 0.1) is 0 Å². The number of aromatic nitrogens is 4. The Kier molecular flexibility index (Phi) is 8.68. The Morgan fingerprint density at radius 1 is 1.00 bits per heavy atom. The molecule has 3 aromatic rings. The minimum Gasteiger partial charge on any atom is -0.378 e. The Labute approximate surface area is 238 Å². The normalized spacial score (nSPS) is 19.1. The van der Waals surface area contributed by atoms with E-state index in [9.17, 15) is 13.6 Å². The standard InChI is InChI=1S/C29H38F2N8O2/c30-27(31)28-33-23-8-2-3-9-24(23)39(28)26-17-25(34-29(35-26)38-13-15-41-16-14-38)32-21-18-37(19-21)20-22(40)7-6-12-36-10-4-1-5-11-36/h2-3,8-9,17,21,27H,1,4-7,10-16,18-20H2,(H,32,34,35). The Morgan fingerprint density at radius 2 is 1.78 bits per heavy atom. The van der Waals surface area contributed by atoms with E-state index in [-0.39, 0.29) is 17.6 Å². The van der Waals surface area contributed by atoms with Crippen LogP contribution in [0.15, 0.2) is 30.3 Å². The first-order chi connectivity index (χ1) is 20.0. The number of halogens is 2. The van der Waals surface area contributed by atoms with E-state index in [1.54, 1.807) is 30.3 Å². The number of nitrogens with one attached hydrogen (secondary N) is 1. The lowest BCUT2D eigenvalue weighted by atomic mass is 10.1. The van der Waals surface area contributed by atoms with Gasteiger partial charge in [0.15, 0.2) is 5.82 Å². The minimum absolute atomic E-state index is 0.102. The van der Waals surface area contributed by atoms with Crippen molar-refractivity contribution in [1.29, 1.82) is 0 Å². The Bertz CT molecular complexity index is 1330. The fourth-order valence-electron chi connectivity index (χ4n) is 5.96. The van der Waals surface area contributed by atoms with Crippen LogP contribution in [-0.2, 0) is 9.53 Å². The van der Waals surface area contributed by atoms with Crippen molar-refractivity contribution >= 4 is 28.6 Å². The number of carbonyl (C=O) groups excluding carboxylic acids is 1. The zero-order chi connectivity index (χ0) is 28.2. The van der Waals surface area contributed by atoms with Crippen molar-refractivity contribution < 1.29 is 18.3 Å². The summed E-state index contributed by atoms with van der Waals surface area (Å²) in [6, 6.07) is 8.88. The third kappa shape index (κ3) is 6.65. The maximum Gasteiger partial charge on any atom is 0.296 e. The summed E-state index contributed by atoms with van der Waals surface area (Å²) in [5.74, 6) is 1.30. The van der Waals surface area contributed by atoms with Gasteiger partial charge in [0.2, 0.25) is 5.95 Å². The number of likely N-dealkylation sites (tertiary alicyclic amines) is 2. The van der Waals surface area contributed by atoms with Crippen molar-refractivity contribution in [2.75, 3.05) is 75.8 Å². The molecule has 0 amide bonds. The van der Waals surface area contributed by atoms with E-state index >= 15 is 0 Å². The van der Waals surface area contributed by atoms with Crippen molar-refractivity contribution in [3.05, 3.63) is 36.2 Å². The highest BCUT2D eigenvalue weighted by atomic mass is 19.3. The van der Waals surface area contributed by atoms with Crippen LogP contribution in [0.3, 0.4) is 0 Å². The molecular formula is C29H38F2N8O2. The third-order valence-corrected chi connectivity index (χ3v) is 8.09. The van der Waals surface area contributed by atoms with Crippen LogP contribution in [0.1, 0.15) is 44.4 Å². The number of imidazole rings is 1. The van der Waals surface area contributed by atoms with Crippen molar-refractivity contribution in [2.24, 2.45) is 0 Å². The number of carbonyl (C=O) groups is 1. The predicted octanol–water partition coefficient (Wildman–Crippen LogP) is 3.52. The maximum atomic E-state index is 14.1. The second-order valence-electron chi connectivity index (χ2n) is 11.2. The summed E-state index contributed by atoms with van der Waals surface area (Å²) >= 11 is 0. The van der Waals surface area contributed by atoms with Gasteiger partial charge in [-0.05, 0) is 51.0 Å². The summed E-state index contributed by atoms with van der Waals surface area (Å²) in [6.45, 7) is 7.58. The molecule has 0 spiro atoms. The number of nitrogens with zero attached hydrogens (tertiary/aromatic N) is 7. The van der Waals surface area contributed by atoms with E-state index < -0.39 is 6.43 Å². The van der Waals surface area contributed by atoms with Crippen LogP contribution < -0.4 is 10.2 Å². The molecule has 41 heavy (non-hydrogen) atoms. The number of morpholine rings is 1. The topological polar surface area (TPSA) is 91.7 Å². The maximum absolute atomic E-state index is 14.1. The van der Waals surface area contributed by atoms with Gasteiger partial charge >= 0.3 is 0 Å². The largest absolute Gasteiger partial charge is 0.378 e. The number of piperidine rings is 1. The zero-order valence-electron chi connectivity index (χ0n) is 23.4. The van der Waals surface area contributed by atoms with E-state index in [4.69, 9.17) is 14.7 Å². The molecule has 2 aromatic heterocycles. The van der Waals surface area contributed by atoms with Gasteiger partial charge in [-0.25, -0.2) is 13.8 Å². The summed E-state index contributed by atoms with van der Waals surface area (Å²) in [4.78, 5) is 32.8. The number of Topliss-reactive ketones (excluding diaryl/α,β-unsaturated/α-hetero) is 1. The van der Waals surface area contributed by atoms with E-state index in [1.165, 1.54) is 23.8 Å². The highest BCUT2D eigenvalue weighted by Gasteiger charge is 2.29. The number of ketones is 1. The van der Waals surface area contributed by atoms with Gasteiger partial charge in [-0.3, -0.25) is 14.3 Å². The quantitative estimate of drug-likeness (QED) is 0.373. The number of rotatable bonds is 11. The van der Waals surface area contributed by atoms with E-state index in [0.29, 0.717) is 67.9 Å². The molecule has 0 atom stereocenters. The number of benzene rings is 1. The molecule has 3 aliphatic heterocycles. The highest BCUT2D eigenvalue weighted by Crippen LogP contribution is 2.29. The summed E-state index contributed by atoms with van der Waals surface area (Å²) in [5, 5.41) is 3.46. The van der Waals surface area contributed by atoms with Crippen LogP contribution in [0.2, 0.25) is 0 Å². The lowest BCUT2D eigenvalue weighted by molar-refractivity contribution is -0.121. The van der Waals surface area contributed by atoms with Crippen molar-refractivity contribution in [3.63, 3.8) is 0 Å². The second kappa shape index (κ2) is 12.7. The molecule has 3 aliphatic rings. The first kappa shape index (κ1) is 27.9. The SMILES string of the molecule is O=C(CCCN1CCCCC1)CN1CC(Nc2cc(-n3c(C(F)F)nc4ccccc43)nc(N3CCOCC3)n2)C1. The van der Waals surface area contributed by atoms with Gasteiger partial charge in [0.25, 0.3) is 6.43 Å². The van der Waals surface area contributed by atoms with Gasteiger partial charge in [-0.2, -0.15) is 9.97 Å². The number of hydrogen-bond acceptors (Lipinski definition) is 9. The number of ether oxygens (including phenoxy) is 1. The molecule has 0 bridgehead atoms. The molecule has 0 saturated carbocycles. The fourth-order valence-corrected chi connectivity index (χ4v) is 5.96. The minimum atomic E-state index is -2.77. The average Bonchev–Trinajstić information content (AvgIpc) is 3.37. The van der Waals surface area contributed by atoms with Gasteiger partial charge in [-0.1, -0.05) is 18.6 Å². The van der Waals surface area contributed by atoms with Gasteiger partial charge in [0, 0.05) is 38.7 Å². The van der Waals surface area contributed by atoms with Crippen molar-refractivity contribution in [3.8, 4) is 5.82 Å². The second-order valence-corrected chi connectivity index (χ2v) is 11.2. The highest BCUT2D eigenvalue weighted by molar-refractivity contribution is 5.80. The molecule has 6 rings (SSSR count). The van der Waals surface area contributed by atoms with Crippen molar-refractivity contribution in [2.45, 2.75) is 44.6 Å². The molecule has 1 aromatic carbocycles. The Balaban J connectivity index is 1.13. The fraction of sp³-hybridized carbons (Fsp3) is 0.586. The summed E-state index contributed by atoms with van der Waals surface area (Å²) in [5.41, 5.74) is 1.05. The first-order valence-corrected chi connectivity index (χ1v) is 14.7. The Morgan fingerprint density at radius 3 is 2.56 bits per heavy atom. The molecular weight excluding hydrogens is 530 g/mol. The molecule has 1 N–H and O–H groups in total. The molecule has 0 radical (unpaired) electrons. The van der Waals surface area contributed by atoms with Crippen LogP contribution >= 0.6 is 0 Å². The molecule has 0 unspecified atom stereocenters. The van der Waals surface area contributed by atoms with Gasteiger partial charge in [0.1, 0.15) is 17.4 Å². The van der Waals surface area contributed by atoms with E-state index in [1.807, 2.05) is 4.90 Å². The summed E-state index contributed by atoms with van der Waals surface area (Å²) in [6.07, 6.45) is 2.63. The summed E-state index contributed by atoms with van der Waals surface area (Å²) < 4.78 is 35.1. The number of hydrogen-bond donors (Lipinski definition) is 1. The average molecular weight is 569 g/mol. The zero-order valence-corrected chi connectivity index (χ0v) is 23.4. The van der Waals surface area contributed by atoms with E-state index in [0.717, 1.165) is 39.1 Å². The lowest BCUT2D eigenvalue weighted by Gasteiger charge is -2.39. The predicted molar refractivity (Wildman–Crippen MR) is 153 cm³/mol. The Hall–Kier alpha value is -3.22. The molecule has 10 nitrogen and oxygen atoms in total. The number of fused-ring (bicyclic) bond motifs is 1. The van der Waals surface area contributed by atoms with Crippen molar-refractivity contribution in [1.82, 2.24) is 29.3 Å². The monoisotopic (exact) mass is 568 g/mol.